The van der Waals surface area contributed by atoms with Gasteiger partial charge in [-0.1, -0.05) is 30.3 Å². The molecule has 108 valence electrons. The molecule has 21 heavy (non-hydrogen) atoms. The first kappa shape index (κ1) is 14.0. The van der Waals surface area contributed by atoms with E-state index in [1.54, 1.807) is 17.6 Å². The Kier molecular flexibility index (Phi) is 4.18. The number of nitrogens with zero attached hydrogens (tertiary/aromatic N) is 1. The van der Waals surface area contributed by atoms with Crippen LogP contribution in [-0.4, -0.2) is 12.0 Å². The zero-order chi connectivity index (χ0) is 14.7. The molecule has 0 fully saturated rings. The van der Waals surface area contributed by atoms with E-state index in [4.69, 9.17) is 9.40 Å². The van der Waals surface area contributed by atoms with Gasteiger partial charge in [0.2, 0.25) is 0 Å². The van der Waals surface area contributed by atoms with E-state index in [-0.39, 0.29) is 6.04 Å². The van der Waals surface area contributed by atoms with Gasteiger partial charge >= 0.3 is 0 Å². The first-order valence-electron chi connectivity index (χ1n) is 6.99. The molecule has 2 heterocycles. The van der Waals surface area contributed by atoms with Gasteiger partial charge < -0.3 is 9.73 Å². The van der Waals surface area contributed by atoms with Crippen molar-refractivity contribution >= 4 is 11.3 Å². The van der Waals surface area contributed by atoms with Crippen molar-refractivity contribution in [3.8, 4) is 11.3 Å². The van der Waals surface area contributed by atoms with E-state index >= 15 is 0 Å². The Bertz CT molecular complexity index is 702. The highest BCUT2D eigenvalue weighted by Crippen LogP contribution is 2.27. The lowest BCUT2D eigenvalue weighted by molar-refractivity contribution is 0.426. The summed E-state index contributed by atoms with van der Waals surface area (Å²) in [4.78, 5) is 4.74. The number of thiazole rings is 1. The average molecular weight is 298 g/mol. The minimum absolute atomic E-state index is 0.162. The first-order chi connectivity index (χ1) is 10.3. The van der Waals surface area contributed by atoms with Crippen LogP contribution < -0.4 is 5.32 Å². The van der Waals surface area contributed by atoms with Crippen LogP contribution in [0.4, 0.5) is 0 Å². The number of likely N-dealkylation sites (N-methyl/N-ethyl adjacent to an activating group) is 1. The Morgan fingerprint density at radius 3 is 2.71 bits per heavy atom. The number of nitrogens with one attached hydrogen (secondary N) is 1. The van der Waals surface area contributed by atoms with E-state index < -0.39 is 0 Å². The molecule has 1 N–H and O–H groups in total. The number of hydrogen-bond donors (Lipinski definition) is 1. The third-order valence-electron chi connectivity index (χ3n) is 3.57. The zero-order valence-electron chi connectivity index (χ0n) is 12.2. The van der Waals surface area contributed by atoms with E-state index in [0.717, 1.165) is 28.4 Å². The lowest BCUT2D eigenvalue weighted by atomic mass is 10.1. The molecular weight excluding hydrogens is 280 g/mol. The average Bonchev–Trinajstić information content (AvgIpc) is 3.15. The van der Waals surface area contributed by atoms with Gasteiger partial charge in [-0.2, -0.15) is 0 Å². The van der Waals surface area contributed by atoms with Gasteiger partial charge in [0, 0.05) is 17.4 Å². The highest BCUT2D eigenvalue weighted by molar-refractivity contribution is 7.09. The standard InChI is InChI=1S/C17H18N2OS/c1-12-8-9-20-17(12)14(18-2)10-16-19-15(11-21-16)13-6-4-3-5-7-13/h3-9,11,14,18H,10H2,1-2H3. The van der Waals surface area contributed by atoms with Crippen LogP contribution in [0.1, 0.15) is 22.4 Å². The van der Waals surface area contributed by atoms with Gasteiger partial charge in [-0.25, -0.2) is 4.98 Å². The van der Waals surface area contributed by atoms with E-state index in [9.17, 15) is 0 Å². The summed E-state index contributed by atoms with van der Waals surface area (Å²) in [5, 5.41) is 6.55. The fraction of sp³-hybridized carbons (Fsp3) is 0.235. The molecule has 2 aromatic heterocycles. The second-order valence-electron chi connectivity index (χ2n) is 5.01. The summed E-state index contributed by atoms with van der Waals surface area (Å²) < 4.78 is 5.60. The molecule has 0 bridgehead atoms. The molecule has 3 aromatic rings. The minimum atomic E-state index is 0.162. The van der Waals surface area contributed by atoms with Gasteiger partial charge in [0.15, 0.2) is 0 Å². The van der Waals surface area contributed by atoms with Gasteiger partial charge in [0.25, 0.3) is 0 Å². The van der Waals surface area contributed by atoms with E-state index in [1.807, 2.05) is 31.3 Å². The molecule has 0 aliphatic rings. The van der Waals surface area contributed by atoms with Gasteiger partial charge in [-0.3, -0.25) is 0 Å². The van der Waals surface area contributed by atoms with Crippen LogP contribution in [0.5, 0.6) is 0 Å². The number of hydrogen-bond acceptors (Lipinski definition) is 4. The third-order valence-corrected chi connectivity index (χ3v) is 4.44. The van der Waals surface area contributed by atoms with Crippen molar-refractivity contribution in [2.75, 3.05) is 7.05 Å². The molecule has 1 aromatic carbocycles. The normalized spacial score (nSPS) is 12.5. The van der Waals surface area contributed by atoms with E-state index in [1.165, 1.54) is 5.56 Å². The zero-order valence-corrected chi connectivity index (χ0v) is 13.0. The second-order valence-corrected chi connectivity index (χ2v) is 5.95. The van der Waals surface area contributed by atoms with Crippen molar-refractivity contribution in [2.24, 2.45) is 0 Å². The maximum atomic E-state index is 5.60. The topological polar surface area (TPSA) is 38.1 Å². The molecule has 0 saturated carbocycles. The number of furan rings is 1. The number of rotatable bonds is 5. The molecular formula is C17H18N2OS. The smallest absolute Gasteiger partial charge is 0.123 e. The maximum absolute atomic E-state index is 5.60. The lowest BCUT2D eigenvalue weighted by Crippen LogP contribution is -2.19. The van der Waals surface area contributed by atoms with Gasteiger partial charge in [-0.05, 0) is 25.6 Å². The van der Waals surface area contributed by atoms with Crippen molar-refractivity contribution in [3.63, 3.8) is 0 Å². The predicted octanol–water partition coefficient (Wildman–Crippen LogP) is 4.21. The Hall–Kier alpha value is -1.91. The highest BCUT2D eigenvalue weighted by atomic mass is 32.1. The maximum Gasteiger partial charge on any atom is 0.123 e. The number of aryl methyl sites for hydroxylation is 1. The Labute approximate surface area is 128 Å². The van der Waals surface area contributed by atoms with Crippen molar-refractivity contribution in [1.82, 2.24) is 10.3 Å². The molecule has 0 aliphatic carbocycles. The van der Waals surface area contributed by atoms with Crippen LogP contribution in [-0.2, 0) is 6.42 Å². The predicted molar refractivity (Wildman–Crippen MR) is 86.5 cm³/mol. The molecule has 1 unspecified atom stereocenters. The van der Waals surface area contributed by atoms with Crippen molar-refractivity contribution < 1.29 is 4.42 Å². The summed E-state index contributed by atoms with van der Waals surface area (Å²) in [5.74, 6) is 0.994. The van der Waals surface area contributed by atoms with Gasteiger partial charge in [-0.15, -0.1) is 11.3 Å². The molecule has 1 atom stereocenters. The molecule has 0 radical (unpaired) electrons. The molecule has 0 aliphatic heterocycles. The van der Waals surface area contributed by atoms with Crippen LogP contribution in [0.3, 0.4) is 0 Å². The van der Waals surface area contributed by atoms with Crippen LogP contribution in [0.2, 0.25) is 0 Å². The van der Waals surface area contributed by atoms with E-state index in [2.05, 4.69) is 29.8 Å². The molecule has 0 amide bonds. The molecule has 0 saturated heterocycles. The molecule has 0 spiro atoms. The van der Waals surface area contributed by atoms with Crippen LogP contribution in [0, 0.1) is 6.92 Å². The highest BCUT2D eigenvalue weighted by Gasteiger charge is 2.17. The van der Waals surface area contributed by atoms with Crippen LogP contribution in [0.15, 0.2) is 52.5 Å². The van der Waals surface area contributed by atoms with Gasteiger partial charge in [0.1, 0.15) is 5.76 Å². The summed E-state index contributed by atoms with van der Waals surface area (Å²) in [6, 6.07) is 12.4. The summed E-state index contributed by atoms with van der Waals surface area (Å²) >= 11 is 1.70. The van der Waals surface area contributed by atoms with Crippen LogP contribution >= 0.6 is 11.3 Å². The fourth-order valence-electron chi connectivity index (χ4n) is 2.39. The molecule has 4 heteroatoms. The van der Waals surface area contributed by atoms with Crippen molar-refractivity contribution in [2.45, 2.75) is 19.4 Å². The lowest BCUT2D eigenvalue weighted by Gasteiger charge is -2.13. The minimum Gasteiger partial charge on any atom is -0.467 e. The first-order valence-corrected chi connectivity index (χ1v) is 7.87. The number of benzene rings is 1. The monoisotopic (exact) mass is 298 g/mol. The summed E-state index contributed by atoms with van der Waals surface area (Å²) in [6.45, 7) is 2.07. The second kappa shape index (κ2) is 6.24. The summed E-state index contributed by atoms with van der Waals surface area (Å²) in [7, 11) is 1.96. The fourth-order valence-corrected chi connectivity index (χ4v) is 3.24. The Morgan fingerprint density at radius 1 is 1.24 bits per heavy atom. The van der Waals surface area contributed by atoms with E-state index in [0.29, 0.717) is 0 Å². The van der Waals surface area contributed by atoms with Gasteiger partial charge in [0.05, 0.1) is 23.0 Å². The Balaban J connectivity index is 1.79. The molecule has 3 rings (SSSR count). The third kappa shape index (κ3) is 3.06. The number of aromatic nitrogens is 1. The van der Waals surface area contributed by atoms with Crippen molar-refractivity contribution in [3.05, 3.63) is 64.4 Å². The van der Waals surface area contributed by atoms with Crippen molar-refractivity contribution in [1.29, 1.82) is 0 Å². The quantitative estimate of drug-likeness (QED) is 0.766. The Morgan fingerprint density at radius 2 is 2.05 bits per heavy atom. The summed E-state index contributed by atoms with van der Waals surface area (Å²) in [5.41, 5.74) is 3.38. The largest absolute Gasteiger partial charge is 0.467 e. The SMILES string of the molecule is CNC(Cc1nc(-c2ccccc2)cs1)c1occc1C. The molecule has 3 nitrogen and oxygen atoms in total. The van der Waals surface area contributed by atoms with Crippen LogP contribution in [0.25, 0.3) is 11.3 Å². The summed E-state index contributed by atoms with van der Waals surface area (Å²) in [6.07, 6.45) is 2.58.